The molecule has 0 heterocycles. The fourth-order valence-electron chi connectivity index (χ4n) is 3.93. The van der Waals surface area contributed by atoms with E-state index in [0.29, 0.717) is 12.2 Å². The molecule has 0 aliphatic rings. The summed E-state index contributed by atoms with van der Waals surface area (Å²) in [6, 6.07) is 15.2. The minimum atomic E-state index is -0.00356. The number of rotatable bonds is 19. The molecule has 0 saturated carbocycles. The summed E-state index contributed by atoms with van der Waals surface area (Å²) in [6.07, 6.45) is 10.6. The van der Waals surface area contributed by atoms with Crippen LogP contribution in [-0.4, -0.2) is 44.0 Å². The second-order valence-electron chi connectivity index (χ2n) is 9.27. The fourth-order valence-corrected chi connectivity index (χ4v) is 3.93. The maximum Gasteiger partial charge on any atom is 0.187 e. The van der Waals surface area contributed by atoms with Crippen LogP contribution < -0.4 is 14.8 Å². The lowest BCUT2D eigenvalue weighted by molar-refractivity contribution is 0.104. The molecule has 0 atom stereocenters. The van der Waals surface area contributed by atoms with E-state index in [1.54, 1.807) is 13.2 Å². The summed E-state index contributed by atoms with van der Waals surface area (Å²) in [5, 5.41) is 3.40. The molecule has 0 radical (unpaired) electrons. The molecule has 2 aromatic rings. The number of unbranched alkanes of at least 4 members (excludes halogenated alkanes) is 3. The minimum Gasteiger partial charge on any atom is -0.497 e. The minimum absolute atomic E-state index is 0.00356. The van der Waals surface area contributed by atoms with Crippen LogP contribution in [0.2, 0.25) is 0 Å². The lowest BCUT2D eigenvalue weighted by Crippen LogP contribution is -2.28. The largest absolute Gasteiger partial charge is 0.497 e. The normalized spacial score (nSPS) is 11.5. The number of ether oxygens (including phenoxy) is 2. The smallest absolute Gasteiger partial charge is 0.187 e. The predicted molar refractivity (Wildman–Crippen MR) is 151 cm³/mol. The first-order chi connectivity index (χ1) is 17.6. The van der Waals surface area contributed by atoms with Crippen LogP contribution in [0.15, 0.2) is 60.3 Å². The van der Waals surface area contributed by atoms with Crippen molar-refractivity contribution in [1.82, 2.24) is 4.90 Å². The summed E-state index contributed by atoms with van der Waals surface area (Å²) in [6.45, 7) is 10.8. The molecule has 0 saturated heterocycles. The zero-order valence-corrected chi connectivity index (χ0v) is 22.9. The summed E-state index contributed by atoms with van der Waals surface area (Å²) in [5.41, 5.74) is 2.53. The van der Waals surface area contributed by atoms with Gasteiger partial charge in [-0.1, -0.05) is 40.0 Å². The summed E-state index contributed by atoms with van der Waals surface area (Å²) in [5.74, 6) is 1.62. The number of allylic oxidation sites excluding steroid dienone is 2. The molecule has 0 bridgehead atoms. The molecule has 0 aromatic heterocycles. The van der Waals surface area contributed by atoms with E-state index in [1.807, 2.05) is 48.5 Å². The third kappa shape index (κ3) is 11.3. The van der Waals surface area contributed by atoms with Gasteiger partial charge in [0.25, 0.3) is 0 Å². The van der Waals surface area contributed by atoms with Crippen molar-refractivity contribution in [3.05, 3.63) is 65.9 Å². The first-order valence-electron chi connectivity index (χ1n) is 13.7. The molecular weight excluding hydrogens is 448 g/mol. The van der Waals surface area contributed by atoms with Crippen molar-refractivity contribution in [3.63, 3.8) is 0 Å². The molecule has 2 rings (SSSR count). The Balaban J connectivity index is 1.90. The predicted octanol–water partition coefficient (Wildman–Crippen LogP) is 7.74. The summed E-state index contributed by atoms with van der Waals surface area (Å²) in [4.78, 5) is 15.5. The lowest BCUT2D eigenvalue weighted by atomic mass is 10.1. The molecule has 5 nitrogen and oxygen atoms in total. The van der Waals surface area contributed by atoms with E-state index < -0.39 is 0 Å². The standard InChI is InChI=1S/C31H46N2O3/c1-5-8-12-28(32-27-15-19-29(35-4)20-16-27)25-31(34)26-13-17-30(18-14-26)36-24-11-23-33(21-9-6-2)22-10-7-3/h13-20,25,32H,5-12,21-24H2,1-4H3/b28-25+. The molecule has 0 spiro atoms. The van der Waals surface area contributed by atoms with Crippen molar-refractivity contribution >= 4 is 11.5 Å². The molecule has 0 aliphatic carbocycles. The zero-order chi connectivity index (χ0) is 26.0. The van der Waals surface area contributed by atoms with E-state index in [-0.39, 0.29) is 5.78 Å². The van der Waals surface area contributed by atoms with Crippen LogP contribution in [0.3, 0.4) is 0 Å². The van der Waals surface area contributed by atoms with Crippen molar-refractivity contribution in [1.29, 1.82) is 0 Å². The Labute approximate surface area is 218 Å². The van der Waals surface area contributed by atoms with Crippen molar-refractivity contribution in [2.75, 3.05) is 38.7 Å². The maximum atomic E-state index is 12.9. The van der Waals surface area contributed by atoms with E-state index in [1.165, 1.54) is 38.8 Å². The Morgan fingerprint density at radius 3 is 1.97 bits per heavy atom. The number of nitrogens with one attached hydrogen (secondary N) is 1. The van der Waals surface area contributed by atoms with Gasteiger partial charge in [-0.2, -0.15) is 0 Å². The highest BCUT2D eigenvalue weighted by atomic mass is 16.5. The van der Waals surface area contributed by atoms with E-state index >= 15 is 0 Å². The van der Waals surface area contributed by atoms with Crippen LogP contribution in [0, 0.1) is 0 Å². The van der Waals surface area contributed by atoms with Crippen LogP contribution >= 0.6 is 0 Å². The van der Waals surface area contributed by atoms with Crippen molar-refractivity contribution in [2.24, 2.45) is 0 Å². The van der Waals surface area contributed by atoms with E-state index in [0.717, 1.165) is 55.1 Å². The summed E-state index contributed by atoms with van der Waals surface area (Å²) in [7, 11) is 1.65. The fraction of sp³-hybridized carbons (Fsp3) is 0.516. The van der Waals surface area contributed by atoms with Gasteiger partial charge in [0.2, 0.25) is 0 Å². The van der Waals surface area contributed by atoms with Crippen LogP contribution in [0.1, 0.15) is 82.5 Å². The molecule has 36 heavy (non-hydrogen) atoms. The molecule has 1 N–H and O–H groups in total. The van der Waals surface area contributed by atoms with Gasteiger partial charge in [-0.25, -0.2) is 0 Å². The second kappa shape index (κ2) is 17.6. The first kappa shape index (κ1) is 29.4. The number of benzene rings is 2. The first-order valence-corrected chi connectivity index (χ1v) is 13.7. The molecule has 0 fully saturated rings. The molecule has 5 heteroatoms. The number of ketones is 1. The van der Waals surface area contributed by atoms with Crippen molar-refractivity contribution in [2.45, 2.75) is 72.1 Å². The number of hydrogen-bond donors (Lipinski definition) is 1. The number of methoxy groups -OCH3 is 1. The van der Waals surface area contributed by atoms with Crippen molar-refractivity contribution < 1.29 is 14.3 Å². The number of carbonyl (C=O) groups excluding carboxylic acids is 1. The van der Waals surface area contributed by atoms with Crippen LogP contribution in [0.25, 0.3) is 0 Å². The highest BCUT2D eigenvalue weighted by Gasteiger charge is 2.08. The SMILES string of the molecule is CCCC/C(=C\C(=O)c1ccc(OCCCN(CCCC)CCCC)cc1)Nc1ccc(OC)cc1. The molecule has 198 valence electrons. The monoisotopic (exact) mass is 494 g/mol. The topological polar surface area (TPSA) is 50.8 Å². The van der Waals surface area contributed by atoms with Gasteiger partial charge in [-0.15, -0.1) is 0 Å². The van der Waals surface area contributed by atoms with Gasteiger partial charge in [0.15, 0.2) is 5.78 Å². The molecule has 2 aromatic carbocycles. The third-order valence-electron chi connectivity index (χ3n) is 6.18. The quantitative estimate of drug-likeness (QED) is 0.123. The van der Waals surface area contributed by atoms with Gasteiger partial charge in [-0.05, 0) is 93.7 Å². The zero-order valence-electron chi connectivity index (χ0n) is 22.9. The Morgan fingerprint density at radius 2 is 1.39 bits per heavy atom. The second-order valence-corrected chi connectivity index (χ2v) is 9.27. The summed E-state index contributed by atoms with van der Waals surface area (Å²) >= 11 is 0. The Bertz CT molecular complexity index is 883. The molecule has 0 aliphatic heterocycles. The van der Waals surface area contributed by atoms with E-state index in [4.69, 9.17) is 9.47 Å². The summed E-state index contributed by atoms with van der Waals surface area (Å²) < 4.78 is 11.2. The van der Waals surface area contributed by atoms with Crippen LogP contribution in [-0.2, 0) is 0 Å². The van der Waals surface area contributed by atoms with Crippen LogP contribution in [0.4, 0.5) is 5.69 Å². The Kier molecular flexibility index (Phi) is 14.4. The number of anilines is 1. The van der Waals surface area contributed by atoms with Gasteiger partial charge in [0.05, 0.1) is 13.7 Å². The van der Waals surface area contributed by atoms with Gasteiger partial charge in [0, 0.05) is 29.6 Å². The average molecular weight is 495 g/mol. The van der Waals surface area contributed by atoms with Gasteiger partial charge >= 0.3 is 0 Å². The van der Waals surface area contributed by atoms with Crippen molar-refractivity contribution in [3.8, 4) is 11.5 Å². The number of nitrogens with zero attached hydrogens (tertiary/aromatic N) is 1. The Morgan fingerprint density at radius 1 is 0.806 bits per heavy atom. The number of carbonyl (C=O) groups is 1. The third-order valence-corrected chi connectivity index (χ3v) is 6.18. The highest BCUT2D eigenvalue weighted by Crippen LogP contribution is 2.20. The Hall–Kier alpha value is -2.79. The van der Waals surface area contributed by atoms with E-state index in [9.17, 15) is 4.79 Å². The number of hydrogen-bond acceptors (Lipinski definition) is 5. The lowest BCUT2D eigenvalue weighted by Gasteiger charge is -2.21. The molecule has 0 amide bonds. The highest BCUT2D eigenvalue weighted by molar-refractivity contribution is 6.05. The van der Waals surface area contributed by atoms with Gasteiger partial charge in [0.1, 0.15) is 11.5 Å². The van der Waals surface area contributed by atoms with Crippen LogP contribution in [0.5, 0.6) is 11.5 Å². The van der Waals surface area contributed by atoms with Gasteiger partial charge in [-0.3, -0.25) is 4.79 Å². The average Bonchev–Trinajstić information content (AvgIpc) is 2.91. The maximum absolute atomic E-state index is 12.9. The molecular formula is C31H46N2O3. The molecule has 0 unspecified atom stereocenters. The van der Waals surface area contributed by atoms with E-state index in [2.05, 4.69) is 31.0 Å². The van der Waals surface area contributed by atoms with Gasteiger partial charge < -0.3 is 19.7 Å².